The Bertz CT molecular complexity index is 264. The van der Waals surface area contributed by atoms with Gasteiger partial charge in [-0.05, 0) is 13.3 Å². The zero-order valence-electron chi connectivity index (χ0n) is 9.12. The van der Waals surface area contributed by atoms with Crippen molar-refractivity contribution in [1.82, 2.24) is 0 Å². The second-order valence-corrected chi connectivity index (χ2v) is 3.10. The van der Waals surface area contributed by atoms with E-state index in [9.17, 15) is 22.8 Å². The first-order valence-electron chi connectivity index (χ1n) is 4.82. The normalized spacial score (nSPS) is 13.2. The quantitative estimate of drug-likeness (QED) is 0.422. The first-order chi connectivity index (χ1) is 7.78. The molecule has 0 heterocycles. The molecule has 0 saturated carbocycles. The van der Waals surface area contributed by atoms with E-state index in [0.29, 0.717) is 0 Å². The van der Waals surface area contributed by atoms with E-state index in [1.54, 1.807) is 0 Å². The van der Waals surface area contributed by atoms with Gasteiger partial charge < -0.3 is 14.6 Å². The molecular weight excluding hydrogens is 245 g/mol. The van der Waals surface area contributed by atoms with Gasteiger partial charge in [0.1, 0.15) is 6.61 Å². The monoisotopic (exact) mass is 258 g/mol. The van der Waals surface area contributed by atoms with Gasteiger partial charge in [0, 0.05) is 6.61 Å². The number of carbonyl (C=O) groups is 2. The molecule has 0 aromatic heterocycles. The molecule has 1 N–H and O–H groups in total. The second kappa shape index (κ2) is 7.10. The first kappa shape index (κ1) is 15.7. The molecule has 100 valence electrons. The third-order valence-corrected chi connectivity index (χ3v) is 1.69. The number of ether oxygens (including phenoxy) is 2. The molecule has 0 fully saturated rings. The summed E-state index contributed by atoms with van der Waals surface area (Å²) >= 11 is 0. The minimum Gasteiger partial charge on any atom is -0.481 e. The minimum atomic E-state index is -4.47. The van der Waals surface area contributed by atoms with Crippen LogP contribution in [0.15, 0.2) is 0 Å². The third-order valence-electron chi connectivity index (χ3n) is 1.69. The lowest BCUT2D eigenvalue weighted by Gasteiger charge is -2.12. The highest BCUT2D eigenvalue weighted by atomic mass is 19.4. The van der Waals surface area contributed by atoms with E-state index in [-0.39, 0.29) is 13.0 Å². The topological polar surface area (TPSA) is 72.8 Å². The van der Waals surface area contributed by atoms with Gasteiger partial charge in [-0.25, -0.2) is 0 Å². The lowest BCUT2D eigenvalue weighted by molar-refractivity contribution is -0.176. The zero-order valence-corrected chi connectivity index (χ0v) is 9.12. The van der Waals surface area contributed by atoms with E-state index < -0.39 is 37.2 Å². The number of halogens is 3. The number of aliphatic carboxylic acids is 1. The van der Waals surface area contributed by atoms with Crippen molar-refractivity contribution in [3.05, 3.63) is 0 Å². The van der Waals surface area contributed by atoms with E-state index in [0.717, 1.165) is 0 Å². The average Bonchev–Trinajstić information content (AvgIpc) is 2.15. The van der Waals surface area contributed by atoms with Crippen LogP contribution in [0.2, 0.25) is 0 Å². The Morgan fingerprint density at radius 3 is 2.35 bits per heavy atom. The van der Waals surface area contributed by atoms with Crippen LogP contribution in [0.5, 0.6) is 0 Å². The summed E-state index contributed by atoms with van der Waals surface area (Å²) in [4.78, 5) is 21.7. The molecule has 5 nitrogen and oxygen atoms in total. The van der Waals surface area contributed by atoms with Crippen LogP contribution in [0.25, 0.3) is 0 Å². The Kier molecular flexibility index (Phi) is 6.55. The Hall–Kier alpha value is -1.31. The molecule has 8 heteroatoms. The van der Waals surface area contributed by atoms with Crippen molar-refractivity contribution < 1.29 is 37.3 Å². The van der Waals surface area contributed by atoms with Crippen LogP contribution in [0.4, 0.5) is 13.2 Å². The van der Waals surface area contributed by atoms with Gasteiger partial charge in [0.25, 0.3) is 0 Å². The fourth-order valence-electron chi connectivity index (χ4n) is 0.974. The maximum absolute atomic E-state index is 11.7. The van der Waals surface area contributed by atoms with Crippen LogP contribution in [-0.4, -0.2) is 43.0 Å². The fourth-order valence-corrected chi connectivity index (χ4v) is 0.974. The molecule has 0 aromatic rings. The molecule has 1 unspecified atom stereocenters. The highest BCUT2D eigenvalue weighted by molar-refractivity contribution is 5.93. The molecule has 0 rings (SSSR count). The number of carboxylic acids is 1. The zero-order chi connectivity index (χ0) is 13.5. The van der Waals surface area contributed by atoms with Crippen molar-refractivity contribution in [2.24, 2.45) is 5.92 Å². The van der Waals surface area contributed by atoms with Crippen molar-refractivity contribution in [1.29, 1.82) is 0 Å². The number of esters is 1. The molecular formula is C9H13F3O5. The van der Waals surface area contributed by atoms with Gasteiger partial charge in [-0.15, -0.1) is 0 Å². The lowest BCUT2D eigenvalue weighted by Crippen LogP contribution is -2.28. The number of alkyl halides is 3. The molecule has 0 bridgehead atoms. The van der Waals surface area contributed by atoms with Gasteiger partial charge in [0.15, 0.2) is 5.92 Å². The number of hydrogen-bond acceptors (Lipinski definition) is 4. The smallest absolute Gasteiger partial charge is 0.411 e. The highest BCUT2D eigenvalue weighted by Gasteiger charge is 2.30. The van der Waals surface area contributed by atoms with E-state index >= 15 is 0 Å². The highest BCUT2D eigenvalue weighted by Crippen LogP contribution is 2.15. The van der Waals surface area contributed by atoms with E-state index in [2.05, 4.69) is 9.47 Å². The fraction of sp³-hybridized carbons (Fsp3) is 0.778. The summed E-state index contributed by atoms with van der Waals surface area (Å²) < 4.78 is 43.7. The molecule has 0 aliphatic heterocycles. The largest absolute Gasteiger partial charge is 0.481 e. The Balaban J connectivity index is 4.03. The van der Waals surface area contributed by atoms with Gasteiger partial charge in [-0.3, -0.25) is 9.59 Å². The third kappa shape index (κ3) is 7.56. The SMILES string of the molecule is CCOC(=O)C(CCOCC(F)(F)F)C(=O)O. The lowest BCUT2D eigenvalue weighted by atomic mass is 10.1. The van der Waals surface area contributed by atoms with Crippen LogP contribution in [-0.2, 0) is 19.1 Å². The second-order valence-electron chi connectivity index (χ2n) is 3.10. The van der Waals surface area contributed by atoms with E-state index in [1.807, 2.05) is 0 Å². The van der Waals surface area contributed by atoms with Gasteiger partial charge in [0.05, 0.1) is 6.61 Å². The van der Waals surface area contributed by atoms with Crippen LogP contribution in [0.1, 0.15) is 13.3 Å². The summed E-state index contributed by atoms with van der Waals surface area (Å²) in [5, 5.41) is 8.65. The maximum atomic E-state index is 11.7. The molecule has 17 heavy (non-hydrogen) atoms. The number of hydrogen-bond donors (Lipinski definition) is 1. The van der Waals surface area contributed by atoms with Crippen molar-refractivity contribution >= 4 is 11.9 Å². The van der Waals surface area contributed by atoms with Crippen molar-refractivity contribution in [3.63, 3.8) is 0 Å². The van der Waals surface area contributed by atoms with Gasteiger partial charge in [0.2, 0.25) is 0 Å². The van der Waals surface area contributed by atoms with Crippen molar-refractivity contribution in [2.75, 3.05) is 19.8 Å². The van der Waals surface area contributed by atoms with Crippen molar-refractivity contribution in [2.45, 2.75) is 19.5 Å². The molecule has 0 aliphatic rings. The number of carboxylic acid groups (broad SMARTS) is 1. The van der Waals surface area contributed by atoms with E-state index in [4.69, 9.17) is 5.11 Å². The van der Waals surface area contributed by atoms with Crippen LogP contribution < -0.4 is 0 Å². The Morgan fingerprint density at radius 2 is 1.94 bits per heavy atom. The van der Waals surface area contributed by atoms with Gasteiger partial charge >= 0.3 is 18.1 Å². The van der Waals surface area contributed by atoms with Crippen LogP contribution in [0.3, 0.4) is 0 Å². The molecule has 0 aliphatic carbocycles. The van der Waals surface area contributed by atoms with Crippen molar-refractivity contribution in [3.8, 4) is 0 Å². The molecule has 0 saturated heterocycles. The predicted molar refractivity (Wildman–Crippen MR) is 49.2 cm³/mol. The molecule has 0 spiro atoms. The molecule has 0 aromatic carbocycles. The molecule has 0 amide bonds. The van der Waals surface area contributed by atoms with Crippen LogP contribution in [0, 0.1) is 5.92 Å². The first-order valence-corrected chi connectivity index (χ1v) is 4.82. The van der Waals surface area contributed by atoms with E-state index in [1.165, 1.54) is 6.92 Å². The Labute approximate surface area is 95.5 Å². The standard InChI is InChI=1S/C9H13F3O5/c1-2-17-8(15)6(7(13)14)3-4-16-5-9(10,11)12/h6H,2-5H2,1H3,(H,13,14). The minimum absolute atomic E-state index is 0.00597. The maximum Gasteiger partial charge on any atom is 0.411 e. The number of rotatable bonds is 7. The summed E-state index contributed by atoms with van der Waals surface area (Å²) in [7, 11) is 0. The summed E-state index contributed by atoms with van der Waals surface area (Å²) in [5.41, 5.74) is 0. The molecule has 1 atom stereocenters. The Morgan fingerprint density at radius 1 is 1.35 bits per heavy atom. The summed E-state index contributed by atoms with van der Waals surface area (Å²) in [5.74, 6) is -3.92. The summed E-state index contributed by atoms with van der Waals surface area (Å²) in [6, 6.07) is 0. The number of carbonyl (C=O) groups excluding carboxylic acids is 1. The molecule has 0 radical (unpaired) electrons. The summed E-state index contributed by atoms with van der Waals surface area (Å²) in [6.45, 7) is -0.444. The van der Waals surface area contributed by atoms with Gasteiger partial charge in [-0.1, -0.05) is 0 Å². The van der Waals surface area contributed by atoms with Gasteiger partial charge in [-0.2, -0.15) is 13.2 Å². The van der Waals surface area contributed by atoms with Crippen LogP contribution >= 0.6 is 0 Å². The summed E-state index contributed by atoms with van der Waals surface area (Å²) in [6.07, 6.45) is -4.83. The average molecular weight is 258 g/mol. The predicted octanol–water partition coefficient (Wildman–Crippen LogP) is 1.22.